The number of aromatic nitrogens is 3. The van der Waals surface area contributed by atoms with Gasteiger partial charge >= 0.3 is 12.2 Å². The SMILES string of the molecule is CC(C)C[C@@H](NC(=O)OC(C)(C)C)C(=O)Nc1cccc(Nc2ncnn3ccc(C(=O)N4CCC(NC(=O)OC(C)(C)C)CC4)c23)c1. The van der Waals surface area contributed by atoms with E-state index in [9.17, 15) is 19.2 Å². The number of hydrogen-bond acceptors (Lipinski definition) is 9. The van der Waals surface area contributed by atoms with Gasteiger partial charge in [-0.1, -0.05) is 19.9 Å². The van der Waals surface area contributed by atoms with Crippen molar-refractivity contribution in [2.24, 2.45) is 5.92 Å². The second kappa shape index (κ2) is 14.9. The Hall–Kier alpha value is -4.88. The van der Waals surface area contributed by atoms with Crippen LogP contribution >= 0.6 is 0 Å². The van der Waals surface area contributed by atoms with Gasteiger partial charge in [0.05, 0.1) is 5.56 Å². The number of fused-ring (bicyclic) bond motifs is 1. The fourth-order valence-corrected chi connectivity index (χ4v) is 5.28. The molecule has 3 heterocycles. The van der Waals surface area contributed by atoms with E-state index in [1.54, 1.807) is 60.6 Å². The molecule has 4 N–H and O–H groups in total. The Morgan fingerprint density at radius 2 is 1.58 bits per heavy atom. The van der Waals surface area contributed by atoms with Crippen LogP contribution in [0.4, 0.5) is 26.8 Å². The Kier molecular flexibility index (Phi) is 11.2. The highest BCUT2D eigenvalue weighted by molar-refractivity contribution is 6.04. The van der Waals surface area contributed by atoms with Gasteiger partial charge in [-0.25, -0.2) is 19.1 Å². The van der Waals surface area contributed by atoms with Crippen molar-refractivity contribution >= 4 is 46.7 Å². The Balaban J connectivity index is 1.45. The molecule has 260 valence electrons. The van der Waals surface area contributed by atoms with Gasteiger partial charge in [0, 0.05) is 36.7 Å². The van der Waals surface area contributed by atoms with E-state index in [1.807, 2.05) is 40.7 Å². The van der Waals surface area contributed by atoms with Crippen molar-refractivity contribution in [1.82, 2.24) is 30.1 Å². The van der Waals surface area contributed by atoms with Crippen molar-refractivity contribution in [2.75, 3.05) is 23.7 Å². The van der Waals surface area contributed by atoms with Crippen molar-refractivity contribution in [2.45, 2.75) is 97.9 Å². The predicted octanol–water partition coefficient (Wildman–Crippen LogP) is 5.48. The van der Waals surface area contributed by atoms with Crippen LogP contribution in [0.15, 0.2) is 42.9 Å². The number of nitrogens with one attached hydrogen (secondary N) is 4. The highest BCUT2D eigenvalue weighted by Crippen LogP contribution is 2.27. The molecule has 0 radical (unpaired) electrons. The van der Waals surface area contributed by atoms with E-state index in [0.29, 0.717) is 60.6 Å². The monoisotopic (exact) mass is 664 g/mol. The van der Waals surface area contributed by atoms with Crippen LogP contribution in [0.3, 0.4) is 0 Å². The molecule has 0 bridgehead atoms. The zero-order valence-electron chi connectivity index (χ0n) is 29.0. The number of ether oxygens (including phenoxy) is 2. The minimum absolute atomic E-state index is 0.0863. The summed E-state index contributed by atoms with van der Waals surface area (Å²) in [7, 11) is 0. The van der Waals surface area contributed by atoms with Crippen molar-refractivity contribution in [1.29, 1.82) is 0 Å². The first-order valence-electron chi connectivity index (χ1n) is 16.3. The summed E-state index contributed by atoms with van der Waals surface area (Å²) < 4.78 is 12.3. The first-order valence-corrected chi connectivity index (χ1v) is 16.3. The first kappa shape index (κ1) is 36.0. The maximum atomic E-state index is 13.7. The second-order valence-corrected chi connectivity index (χ2v) is 14.4. The fraction of sp³-hybridized carbons (Fsp3) is 0.529. The van der Waals surface area contributed by atoms with Gasteiger partial charge in [-0.05, 0) is 91.0 Å². The highest BCUT2D eigenvalue weighted by Gasteiger charge is 2.29. The van der Waals surface area contributed by atoms with Gasteiger partial charge < -0.3 is 35.6 Å². The molecule has 14 heteroatoms. The molecule has 0 saturated carbocycles. The van der Waals surface area contributed by atoms with Gasteiger partial charge in [0.1, 0.15) is 29.1 Å². The lowest BCUT2D eigenvalue weighted by atomic mass is 10.0. The number of carbonyl (C=O) groups excluding carboxylic acids is 4. The van der Waals surface area contributed by atoms with Crippen molar-refractivity contribution in [3.05, 3.63) is 48.4 Å². The topological polar surface area (TPSA) is 168 Å². The number of piperidine rings is 1. The molecule has 1 aliphatic heterocycles. The van der Waals surface area contributed by atoms with Gasteiger partial charge in [-0.3, -0.25) is 9.59 Å². The maximum Gasteiger partial charge on any atom is 0.408 e. The van der Waals surface area contributed by atoms with Crippen LogP contribution in [0.5, 0.6) is 0 Å². The number of rotatable bonds is 9. The normalized spacial score (nSPS) is 14.7. The molecule has 1 aliphatic rings. The minimum atomic E-state index is -0.801. The average molecular weight is 665 g/mol. The number of benzene rings is 1. The van der Waals surface area contributed by atoms with Gasteiger partial charge in [0.2, 0.25) is 5.91 Å². The Bertz CT molecular complexity index is 1620. The lowest BCUT2D eigenvalue weighted by Crippen LogP contribution is -2.47. The number of anilines is 3. The Labute approximate surface area is 281 Å². The van der Waals surface area contributed by atoms with E-state index in [1.165, 1.54) is 6.33 Å². The molecule has 1 saturated heterocycles. The quantitative estimate of drug-likeness (QED) is 0.232. The number of likely N-dealkylation sites (tertiary alicyclic amines) is 1. The minimum Gasteiger partial charge on any atom is -0.444 e. The molecular formula is C34H48N8O6. The molecule has 4 rings (SSSR count). The number of hydrogen-bond donors (Lipinski definition) is 4. The van der Waals surface area contributed by atoms with Gasteiger partial charge in [0.15, 0.2) is 5.82 Å². The van der Waals surface area contributed by atoms with E-state index in [-0.39, 0.29) is 23.8 Å². The average Bonchev–Trinajstić information content (AvgIpc) is 3.40. The van der Waals surface area contributed by atoms with Crippen LogP contribution < -0.4 is 21.3 Å². The van der Waals surface area contributed by atoms with Gasteiger partial charge in [0.25, 0.3) is 5.91 Å². The third kappa shape index (κ3) is 10.3. The van der Waals surface area contributed by atoms with E-state index in [4.69, 9.17) is 9.47 Å². The zero-order chi connectivity index (χ0) is 35.2. The molecule has 1 aromatic carbocycles. The molecule has 4 amide bonds. The molecule has 0 aliphatic carbocycles. The van der Waals surface area contributed by atoms with Gasteiger partial charge in [-0.2, -0.15) is 5.10 Å². The summed E-state index contributed by atoms with van der Waals surface area (Å²) in [6.45, 7) is 15.6. The highest BCUT2D eigenvalue weighted by atomic mass is 16.6. The van der Waals surface area contributed by atoms with Crippen molar-refractivity contribution in [3.8, 4) is 0 Å². The first-order chi connectivity index (χ1) is 22.5. The largest absolute Gasteiger partial charge is 0.444 e. The summed E-state index contributed by atoms with van der Waals surface area (Å²) in [5.41, 5.74) is 0.775. The summed E-state index contributed by atoms with van der Waals surface area (Å²) in [5, 5.41) is 16.0. The lowest BCUT2D eigenvalue weighted by molar-refractivity contribution is -0.118. The molecule has 0 unspecified atom stereocenters. The van der Waals surface area contributed by atoms with E-state index in [0.717, 1.165) is 0 Å². The smallest absolute Gasteiger partial charge is 0.408 e. The summed E-state index contributed by atoms with van der Waals surface area (Å²) in [5.74, 6) is 0.0112. The summed E-state index contributed by atoms with van der Waals surface area (Å²) in [4.78, 5) is 57.8. The molecule has 48 heavy (non-hydrogen) atoms. The van der Waals surface area contributed by atoms with Crippen LogP contribution in [0.25, 0.3) is 5.52 Å². The lowest BCUT2D eigenvalue weighted by Gasteiger charge is -2.32. The van der Waals surface area contributed by atoms with Crippen LogP contribution in [-0.2, 0) is 14.3 Å². The Morgan fingerprint density at radius 3 is 2.23 bits per heavy atom. The maximum absolute atomic E-state index is 13.7. The third-order valence-corrected chi connectivity index (χ3v) is 7.29. The van der Waals surface area contributed by atoms with Crippen LogP contribution in [0.1, 0.15) is 85.0 Å². The molecule has 1 atom stereocenters. The van der Waals surface area contributed by atoms with E-state index >= 15 is 0 Å². The zero-order valence-corrected chi connectivity index (χ0v) is 29.0. The second-order valence-electron chi connectivity index (χ2n) is 14.4. The molecule has 0 spiro atoms. The summed E-state index contributed by atoms with van der Waals surface area (Å²) in [6.07, 6.45) is 3.59. The third-order valence-electron chi connectivity index (χ3n) is 7.29. The van der Waals surface area contributed by atoms with Crippen molar-refractivity contribution < 1.29 is 28.7 Å². The standard InChI is InChI=1S/C34H48N8O6/c1-21(2)18-26(40-32(46)48-34(6,7)8)29(43)38-24-11-9-10-23(19-24)37-28-27-25(14-17-42(27)36-20-35-28)30(44)41-15-12-22(13-16-41)39-31(45)47-33(3,4)5/h9-11,14,17,19-22,26H,12-13,15-16,18H2,1-8H3,(H,38,43)(H,39,45)(H,40,46)(H,35,36,37)/t26-/m1/s1. The van der Waals surface area contributed by atoms with Crippen molar-refractivity contribution in [3.63, 3.8) is 0 Å². The molecule has 1 fully saturated rings. The Morgan fingerprint density at radius 1 is 0.938 bits per heavy atom. The number of nitrogens with zero attached hydrogens (tertiary/aromatic N) is 4. The number of alkyl carbamates (subject to hydrolysis) is 2. The summed E-state index contributed by atoms with van der Waals surface area (Å²) in [6, 6.07) is 7.89. The predicted molar refractivity (Wildman–Crippen MR) is 182 cm³/mol. The van der Waals surface area contributed by atoms with Gasteiger partial charge in [-0.15, -0.1) is 0 Å². The molecule has 14 nitrogen and oxygen atoms in total. The van der Waals surface area contributed by atoms with Crippen LogP contribution in [0.2, 0.25) is 0 Å². The summed E-state index contributed by atoms with van der Waals surface area (Å²) >= 11 is 0. The molecule has 2 aromatic heterocycles. The van der Waals surface area contributed by atoms with Crippen LogP contribution in [0, 0.1) is 5.92 Å². The molecular weight excluding hydrogens is 616 g/mol. The fourth-order valence-electron chi connectivity index (χ4n) is 5.28. The van der Waals surface area contributed by atoms with E-state index < -0.39 is 29.4 Å². The van der Waals surface area contributed by atoms with Crippen LogP contribution in [-0.4, -0.2) is 79.9 Å². The molecule has 3 aromatic rings. The number of amides is 4. The number of carbonyl (C=O) groups is 4. The van der Waals surface area contributed by atoms with E-state index in [2.05, 4.69) is 31.3 Å².